The van der Waals surface area contributed by atoms with Gasteiger partial charge in [0.25, 0.3) is 0 Å². The third kappa shape index (κ3) is 3.01. The van der Waals surface area contributed by atoms with E-state index in [-0.39, 0.29) is 18.4 Å². The molecule has 0 fully saturated rings. The Morgan fingerprint density at radius 2 is 2.12 bits per heavy atom. The van der Waals surface area contributed by atoms with Crippen molar-refractivity contribution in [3.8, 4) is 10.4 Å². The zero-order valence-electron chi connectivity index (χ0n) is 9.12. The average Bonchev–Trinajstić information content (AvgIpc) is 2.79. The molecule has 0 bridgehead atoms. The largest absolute Gasteiger partial charge is 0.461 e. The SMILES string of the molecule is CCOC(=O)c1ncsc1-c1ccncc1.Cl. The molecule has 6 heteroatoms. The molecule has 0 unspecified atom stereocenters. The van der Waals surface area contributed by atoms with E-state index in [2.05, 4.69) is 9.97 Å². The predicted octanol–water partition coefficient (Wildman–Crippen LogP) is 2.80. The van der Waals surface area contributed by atoms with Gasteiger partial charge in [-0.05, 0) is 24.6 Å². The molecule has 0 spiro atoms. The van der Waals surface area contributed by atoms with Gasteiger partial charge in [0, 0.05) is 12.4 Å². The quantitative estimate of drug-likeness (QED) is 0.805. The Kier molecular flexibility index (Phi) is 5.06. The fraction of sp³-hybridized carbons (Fsp3) is 0.182. The summed E-state index contributed by atoms with van der Waals surface area (Å²) in [5.74, 6) is -0.379. The summed E-state index contributed by atoms with van der Waals surface area (Å²) in [4.78, 5) is 20.4. The third-order valence-corrected chi connectivity index (χ3v) is 2.85. The van der Waals surface area contributed by atoms with E-state index >= 15 is 0 Å². The fourth-order valence-electron chi connectivity index (χ4n) is 1.30. The number of hydrogen-bond donors (Lipinski definition) is 0. The molecule has 0 aliphatic carbocycles. The van der Waals surface area contributed by atoms with Crippen molar-refractivity contribution < 1.29 is 9.53 Å². The maximum atomic E-state index is 11.6. The second-order valence-electron chi connectivity index (χ2n) is 2.99. The Bertz CT molecular complexity index is 487. The number of hydrogen-bond acceptors (Lipinski definition) is 5. The first-order valence-electron chi connectivity index (χ1n) is 4.84. The molecular formula is C11H11ClN2O2S. The molecule has 2 heterocycles. The van der Waals surface area contributed by atoms with E-state index in [1.54, 1.807) is 24.8 Å². The number of carbonyl (C=O) groups excluding carboxylic acids is 1. The molecule has 2 aromatic rings. The summed E-state index contributed by atoms with van der Waals surface area (Å²) in [7, 11) is 0. The lowest BCUT2D eigenvalue weighted by Crippen LogP contribution is -2.06. The van der Waals surface area contributed by atoms with Crippen molar-refractivity contribution in [2.24, 2.45) is 0 Å². The normalized spacial score (nSPS) is 9.47. The summed E-state index contributed by atoms with van der Waals surface area (Å²) in [5, 5.41) is 0. The van der Waals surface area contributed by atoms with Crippen molar-refractivity contribution in [2.75, 3.05) is 6.61 Å². The van der Waals surface area contributed by atoms with Crippen LogP contribution in [0.1, 0.15) is 17.4 Å². The summed E-state index contributed by atoms with van der Waals surface area (Å²) >= 11 is 1.42. The number of esters is 1. The molecular weight excluding hydrogens is 260 g/mol. The Morgan fingerprint density at radius 3 is 2.76 bits per heavy atom. The summed E-state index contributed by atoms with van der Waals surface area (Å²) in [6, 6.07) is 3.69. The monoisotopic (exact) mass is 270 g/mol. The van der Waals surface area contributed by atoms with Gasteiger partial charge in [-0.1, -0.05) is 0 Å². The van der Waals surface area contributed by atoms with Crippen LogP contribution in [-0.2, 0) is 4.74 Å². The van der Waals surface area contributed by atoms with Gasteiger partial charge in [0.1, 0.15) is 0 Å². The van der Waals surface area contributed by atoms with E-state index in [9.17, 15) is 4.79 Å². The second kappa shape index (κ2) is 6.32. The Labute approximate surface area is 109 Å². The Morgan fingerprint density at radius 1 is 1.41 bits per heavy atom. The van der Waals surface area contributed by atoms with Crippen molar-refractivity contribution in [3.63, 3.8) is 0 Å². The number of halogens is 1. The van der Waals surface area contributed by atoms with E-state index in [1.165, 1.54) is 11.3 Å². The lowest BCUT2D eigenvalue weighted by Gasteiger charge is -2.01. The molecule has 0 saturated heterocycles. The lowest BCUT2D eigenvalue weighted by molar-refractivity contribution is 0.0521. The maximum absolute atomic E-state index is 11.6. The molecule has 2 aromatic heterocycles. The van der Waals surface area contributed by atoms with E-state index in [0.29, 0.717) is 12.3 Å². The van der Waals surface area contributed by atoms with Crippen LogP contribution < -0.4 is 0 Å². The number of rotatable bonds is 3. The van der Waals surface area contributed by atoms with Gasteiger partial charge in [0.15, 0.2) is 5.69 Å². The zero-order valence-corrected chi connectivity index (χ0v) is 10.8. The molecule has 90 valence electrons. The minimum atomic E-state index is -0.379. The molecule has 4 nitrogen and oxygen atoms in total. The average molecular weight is 271 g/mol. The van der Waals surface area contributed by atoms with Gasteiger partial charge in [-0.2, -0.15) is 0 Å². The second-order valence-corrected chi connectivity index (χ2v) is 3.84. The third-order valence-electron chi connectivity index (χ3n) is 1.98. The van der Waals surface area contributed by atoms with Crippen molar-refractivity contribution in [1.29, 1.82) is 0 Å². The minimum absolute atomic E-state index is 0. The minimum Gasteiger partial charge on any atom is -0.461 e. The first kappa shape index (κ1) is 13.6. The highest BCUT2D eigenvalue weighted by Gasteiger charge is 2.16. The Hall–Kier alpha value is -1.46. The van der Waals surface area contributed by atoms with Crippen LogP contribution in [0.3, 0.4) is 0 Å². The summed E-state index contributed by atoms with van der Waals surface area (Å²) in [6.07, 6.45) is 3.37. The smallest absolute Gasteiger partial charge is 0.358 e. The predicted molar refractivity (Wildman–Crippen MR) is 68.5 cm³/mol. The number of pyridine rings is 1. The van der Waals surface area contributed by atoms with Gasteiger partial charge in [0.2, 0.25) is 0 Å². The van der Waals surface area contributed by atoms with E-state index < -0.39 is 0 Å². The first-order chi connectivity index (χ1) is 7.83. The van der Waals surface area contributed by atoms with Crippen molar-refractivity contribution in [1.82, 2.24) is 9.97 Å². The van der Waals surface area contributed by atoms with Crippen LogP contribution in [0, 0.1) is 0 Å². The van der Waals surface area contributed by atoms with Gasteiger partial charge in [0.05, 0.1) is 17.0 Å². The van der Waals surface area contributed by atoms with Crippen molar-refractivity contribution in [3.05, 3.63) is 35.7 Å². The molecule has 0 aliphatic rings. The molecule has 0 saturated carbocycles. The standard InChI is InChI=1S/C11H10N2O2S.ClH/c1-2-15-11(14)9-10(16-7-13-9)8-3-5-12-6-4-8;/h3-7H,2H2,1H3;1H. The van der Waals surface area contributed by atoms with E-state index in [1.807, 2.05) is 12.1 Å². The number of nitrogens with zero attached hydrogens (tertiary/aromatic N) is 2. The molecule has 0 aliphatic heterocycles. The van der Waals surface area contributed by atoms with Crippen molar-refractivity contribution in [2.45, 2.75) is 6.92 Å². The summed E-state index contributed by atoms with van der Waals surface area (Å²) < 4.78 is 4.94. The van der Waals surface area contributed by atoms with Crippen LogP contribution >= 0.6 is 23.7 Å². The number of carbonyl (C=O) groups is 1. The zero-order chi connectivity index (χ0) is 11.4. The van der Waals surface area contributed by atoms with Crippen LogP contribution in [0.25, 0.3) is 10.4 Å². The van der Waals surface area contributed by atoms with Gasteiger partial charge in [-0.25, -0.2) is 9.78 Å². The molecule has 0 amide bonds. The van der Waals surface area contributed by atoms with Gasteiger partial charge >= 0.3 is 5.97 Å². The van der Waals surface area contributed by atoms with E-state index in [0.717, 1.165) is 10.4 Å². The molecule has 17 heavy (non-hydrogen) atoms. The van der Waals surface area contributed by atoms with Crippen molar-refractivity contribution >= 4 is 29.7 Å². The van der Waals surface area contributed by atoms with Gasteiger partial charge in [-0.15, -0.1) is 23.7 Å². The van der Waals surface area contributed by atoms with Crippen LogP contribution in [0.2, 0.25) is 0 Å². The molecule has 0 atom stereocenters. The van der Waals surface area contributed by atoms with Gasteiger partial charge < -0.3 is 4.74 Å². The lowest BCUT2D eigenvalue weighted by atomic mass is 10.2. The maximum Gasteiger partial charge on any atom is 0.358 e. The molecule has 0 radical (unpaired) electrons. The van der Waals surface area contributed by atoms with Crippen LogP contribution in [0.15, 0.2) is 30.0 Å². The highest BCUT2D eigenvalue weighted by Crippen LogP contribution is 2.27. The molecule has 0 N–H and O–H groups in total. The van der Waals surface area contributed by atoms with E-state index in [4.69, 9.17) is 4.74 Å². The highest BCUT2D eigenvalue weighted by molar-refractivity contribution is 7.13. The molecule has 2 rings (SSSR count). The fourth-order valence-corrected chi connectivity index (χ4v) is 2.08. The van der Waals surface area contributed by atoms with Crippen LogP contribution in [-0.4, -0.2) is 22.5 Å². The molecule has 0 aromatic carbocycles. The number of thiazole rings is 1. The number of ether oxygens (including phenoxy) is 1. The Balaban J connectivity index is 0.00000144. The van der Waals surface area contributed by atoms with Crippen LogP contribution in [0.4, 0.5) is 0 Å². The summed E-state index contributed by atoms with van der Waals surface area (Å²) in [5.41, 5.74) is 2.95. The highest BCUT2D eigenvalue weighted by atomic mass is 35.5. The summed E-state index contributed by atoms with van der Waals surface area (Å²) in [6.45, 7) is 2.13. The topological polar surface area (TPSA) is 52.1 Å². The van der Waals surface area contributed by atoms with Gasteiger partial charge in [-0.3, -0.25) is 4.98 Å². The number of aromatic nitrogens is 2. The first-order valence-corrected chi connectivity index (χ1v) is 5.72. The van der Waals surface area contributed by atoms with Crippen LogP contribution in [0.5, 0.6) is 0 Å².